The minimum Gasteiger partial charge on any atom is -0.481 e. The molecular formula is C15H17F4NO2. The number of carboxylic acids is 1. The number of aliphatic carboxylic acids is 1. The summed E-state index contributed by atoms with van der Waals surface area (Å²) >= 11 is 0. The van der Waals surface area contributed by atoms with Crippen molar-refractivity contribution in [2.45, 2.75) is 38.5 Å². The van der Waals surface area contributed by atoms with Gasteiger partial charge in [-0.1, -0.05) is 0 Å². The van der Waals surface area contributed by atoms with E-state index in [9.17, 15) is 22.4 Å². The summed E-state index contributed by atoms with van der Waals surface area (Å²) in [6.45, 7) is 2.25. The van der Waals surface area contributed by atoms with E-state index < -0.39 is 29.4 Å². The van der Waals surface area contributed by atoms with Crippen LogP contribution in [0.2, 0.25) is 0 Å². The van der Waals surface area contributed by atoms with E-state index in [0.29, 0.717) is 18.9 Å². The monoisotopic (exact) mass is 319 g/mol. The predicted octanol–water partition coefficient (Wildman–Crippen LogP) is 3.53. The molecule has 7 heteroatoms. The van der Waals surface area contributed by atoms with Crippen molar-refractivity contribution in [3.05, 3.63) is 35.1 Å². The van der Waals surface area contributed by atoms with Crippen molar-refractivity contribution in [1.29, 1.82) is 0 Å². The van der Waals surface area contributed by atoms with Gasteiger partial charge in [0.25, 0.3) is 0 Å². The van der Waals surface area contributed by atoms with E-state index in [1.54, 1.807) is 4.90 Å². The Bertz CT molecular complexity index is 559. The summed E-state index contributed by atoms with van der Waals surface area (Å²) < 4.78 is 51.5. The quantitative estimate of drug-likeness (QED) is 0.867. The molecular weight excluding hydrogens is 302 g/mol. The zero-order valence-corrected chi connectivity index (χ0v) is 12.0. The van der Waals surface area contributed by atoms with Gasteiger partial charge >= 0.3 is 12.1 Å². The van der Waals surface area contributed by atoms with Gasteiger partial charge in [-0.25, -0.2) is 4.39 Å². The molecule has 1 fully saturated rings. The Hall–Kier alpha value is -1.63. The van der Waals surface area contributed by atoms with Crippen molar-refractivity contribution in [3.8, 4) is 0 Å². The molecule has 1 N–H and O–H groups in total. The van der Waals surface area contributed by atoms with Gasteiger partial charge in [0.05, 0.1) is 11.5 Å². The van der Waals surface area contributed by atoms with Crippen molar-refractivity contribution in [1.82, 2.24) is 4.90 Å². The van der Waals surface area contributed by atoms with E-state index in [1.165, 1.54) is 0 Å². The van der Waals surface area contributed by atoms with Crippen LogP contribution in [-0.4, -0.2) is 28.6 Å². The number of piperidine rings is 1. The molecule has 0 saturated carbocycles. The third-order valence-electron chi connectivity index (χ3n) is 4.03. The number of hydrogen-bond donors (Lipinski definition) is 1. The number of likely N-dealkylation sites (tertiary alicyclic amines) is 1. The van der Waals surface area contributed by atoms with E-state index in [1.807, 2.05) is 6.92 Å². The van der Waals surface area contributed by atoms with Crippen LogP contribution < -0.4 is 0 Å². The van der Waals surface area contributed by atoms with E-state index >= 15 is 0 Å². The van der Waals surface area contributed by atoms with Crippen molar-refractivity contribution < 1.29 is 27.5 Å². The van der Waals surface area contributed by atoms with E-state index in [4.69, 9.17) is 5.11 Å². The highest BCUT2D eigenvalue weighted by Gasteiger charge is 2.33. The minimum absolute atomic E-state index is 0.0493. The average molecular weight is 319 g/mol. The molecule has 1 heterocycles. The Balaban J connectivity index is 2.18. The average Bonchev–Trinajstić information content (AvgIpc) is 2.39. The Morgan fingerprint density at radius 3 is 2.59 bits per heavy atom. The molecule has 3 nitrogen and oxygen atoms in total. The fourth-order valence-corrected chi connectivity index (χ4v) is 2.74. The lowest BCUT2D eigenvalue weighted by Gasteiger charge is -2.36. The molecule has 1 aromatic rings. The number of alkyl halides is 3. The van der Waals surface area contributed by atoms with E-state index in [-0.39, 0.29) is 24.7 Å². The molecule has 0 radical (unpaired) electrons. The van der Waals surface area contributed by atoms with Crippen LogP contribution in [0.25, 0.3) is 0 Å². The second-order valence-electron chi connectivity index (χ2n) is 5.74. The van der Waals surface area contributed by atoms with Gasteiger partial charge in [0.1, 0.15) is 5.82 Å². The Kier molecular flexibility index (Phi) is 4.75. The summed E-state index contributed by atoms with van der Waals surface area (Å²) in [7, 11) is 0. The number of benzene rings is 1. The largest absolute Gasteiger partial charge is 0.481 e. The maximum Gasteiger partial charge on any atom is 0.416 e. The molecule has 0 amide bonds. The van der Waals surface area contributed by atoms with Crippen molar-refractivity contribution in [2.75, 3.05) is 6.54 Å². The molecule has 22 heavy (non-hydrogen) atoms. The number of carboxylic acid groups (broad SMARTS) is 1. The SMILES string of the molecule is CC1CCC(C(=O)O)CN1Cc1cc(F)cc(C(F)(F)F)c1. The molecule has 122 valence electrons. The first-order chi connectivity index (χ1) is 10.2. The van der Waals surface area contributed by atoms with Crippen LogP contribution in [0, 0.1) is 11.7 Å². The smallest absolute Gasteiger partial charge is 0.416 e. The fourth-order valence-electron chi connectivity index (χ4n) is 2.74. The highest BCUT2D eigenvalue weighted by Crippen LogP contribution is 2.31. The normalized spacial score (nSPS) is 23.5. The first-order valence-electron chi connectivity index (χ1n) is 7.00. The Morgan fingerprint density at radius 2 is 2.00 bits per heavy atom. The second kappa shape index (κ2) is 6.24. The van der Waals surface area contributed by atoms with Crippen LogP contribution in [0.5, 0.6) is 0 Å². The maximum atomic E-state index is 13.4. The van der Waals surface area contributed by atoms with Crippen LogP contribution in [0.3, 0.4) is 0 Å². The number of hydrogen-bond acceptors (Lipinski definition) is 2. The predicted molar refractivity (Wildman–Crippen MR) is 71.6 cm³/mol. The molecule has 1 aliphatic rings. The van der Waals surface area contributed by atoms with Crippen LogP contribution in [0.4, 0.5) is 17.6 Å². The maximum absolute atomic E-state index is 13.4. The third kappa shape index (κ3) is 3.97. The number of nitrogens with zero attached hydrogens (tertiary/aromatic N) is 1. The second-order valence-corrected chi connectivity index (χ2v) is 5.74. The van der Waals surface area contributed by atoms with Crippen LogP contribution in [0.15, 0.2) is 18.2 Å². The van der Waals surface area contributed by atoms with Gasteiger partial charge in [-0.2, -0.15) is 13.2 Å². The van der Waals surface area contributed by atoms with Gasteiger partial charge in [0.15, 0.2) is 0 Å². The molecule has 2 unspecified atom stereocenters. The fraction of sp³-hybridized carbons (Fsp3) is 0.533. The molecule has 2 rings (SSSR count). The lowest BCUT2D eigenvalue weighted by molar-refractivity contribution is -0.144. The molecule has 0 bridgehead atoms. The Labute approximate surface area is 125 Å². The summed E-state index contributed by atoms with van der Waals surface area (Å²) in [5.74, 6) is -2.39. The molecule has 1 aromatic carbocycles. The number of halogens is 4. The zero-order chi connectivity index (χ0) is 16.5. The third-order valence-corrected chi connectivity index (χ3v) is 4.03. The molecule has 0 spiro atoms. The minimum atomic E-state index is -4.60. The van der Waals surface area contributed by atoms with Gasteiger partial charge < -0.3 is 5.11 Å². The molecule has 0 aromatic heterocycles. The van der Waals surface area contributed by atoms with Gasteiger partial charge in [-0.15, -0.1) is 0 Å². The summed E-state index contributed by atoms with van der Waals surface area (Å²) in [6.07, 6.45) is -3.41. The molecule has 1 aliphatic heterocycles. The summed E-state index contributed by atoms with van der Waals surface area (Å²) in [4.78, 5) is 12.9. The number of carbonyl (C=O) groups is 1. The van der Waals surface area contributed by atoms with Crippen molar-refractivity contribution >= 4 is 5.97 Å². The first-order valence-corrected chi connectivity index (χ1v) is 7.00. The standard InChI is InChI=1S/C15H17F4NO2/c1-9-2-3-11(14(21)22)8-20(9)7-10-4-12(15(17,18)19)6-13(16)5-10/h4-6,9,11H,2-3,7-8H2,1H3,(H,21,22). The molecule has 0 aliphatic carbocycles. The topological polar surface area (TPSA) is 40.5 Å². The van der Waals surface area contributed by atoms with Crippen molar-refractivity contribution in [2.24, 2.45) is 5.92 Å². The van der Waals surface area contributed by atoms with E-state index in [2.05, 4.69) is 0 Å². The van der Waals surface area contributed by atoms with Crippen LogP contribution in [-0.2, 0) is 17.5 Å². The summed E-state index contributed by atoms with van der Waals surface area (Å²) in [5, 5.41) is 9.07. The lowest BCUT2D eigenvalue weighted by atomic mass is 9.93. The first kappa shape index (κ1) is 16.7. The number of rotatable bonds is 3. The molecule has 1 saturated heterocycles. The van der Waals surface area contributed by atoms with Gasteiger partial charge in [-0.05, 0) is 43.5 Å². The zero-order valence-electron chi connectivity index (χ0n) is 12.0. The van der Waals surface area contributed by atoms with Crippen LogP contribution in [0.1, 0.15) is 30.9 Å². The van der Waals surface area contributed by atoms with Crippen molar-refractivity contribution in [3.63, 3.8) is 0 Å². The summed E-state index contributed by atoms with van der Waals surface area (Å²) in [6, 6.07) is 2.49. The Morgan fingerprint density at radius 1 is 1.32 bits per heavy atom. The van der Waals surface area contributed by atoms with Gasteiger partial charge in [0, 0.05) is 19.1 Å². The van der Waals surface area contributed by atoms with Gasteiger partial charge in [0.2, 0.25) is 0 Å². The highest BCUT2D eigenvalue weighted by atomic mass is 19.4. The van der Waals surface area contributed by atoms with E-state index in [0.717, 1.165) is 12.1 Å². The highest BCUT2D eigenvalue weighted by molar-refractivity contribution is 5.70. The summed E-state index contributed by atoms with van der Waals surface area (Å²) in [5.41, 5.74) is -0.827. The molecule has 2 atom stereocenters. The lowest BCUT2D eigenvalue weighted by Crippen LogP contribution is -2.43. The van der Waals surface area contributed by atoms with Gasteiger partial charge in [-0.3, -0.25) is 9.69 Å². The van der Waals surface area contributed by atoms with Crippen LogP contribution >= 0.6 is 0 Å².